The molecule has 6 heteroatoms. The number of thiophene rings is 1. The lowest BCUT2D eigenvalue weighted by Gasteiger charge is -2.04. The van der Waals surface area contributed by atoms with Gasteiger partial charge >= 0.3 is 11.9 Å². The first kappa shape index (κ1) is 17.8. The molecule has 5 nitrogen and oxygen atoms in total. The maximum absolute atomic E-state index is 12.4. The van der Waals surface area contributed by atoms with Gasteiger partial charge in [-0.25, -0.2) is 14.6 Å². The number of hydrogen-bond donors (Lipinski definition) is 0. The number of nitrogens with zero attached hydrogens (tertiary/aromatic N) is 1. The van der Waals surface area contributed by atoms with Gasteiger partial charge in [0.05, 0.1) is 12.7 Å². The van der Waals surface area contributed by atoms with Crippen molar-refractivity contribution in [3.05, 3.63) is 76.4 Å². The van der Waals surface area contributed by atoms with Crippen LogP contribution in [0.5, 0.6) is 0 Å². The number of esters is 2. The highest BCUT2D eigenvalue weighted by molar-refractivity contribution is 7.15. The van der Waals surface area contributed by atoms with Gasteiger partial charge < -0.3 is 9.47 Å². The molecule has 0 saturated carbocycles. The zero-order chi connectivity index (χ0) is 18.5. The maximum Gasteiger partial charge on any atom is 0.357 e. The quantitative estimate of drug-likeness (QED) is 0.630. The largest absolute Gasteiger partial charge is 0.464 e. The van der Waals surface area contributed by atoms with Gasteiger partial charge in [0.25, 0.3) is 0 Å². The normalized spacial score (nSPS) is 10.4. The molecular formula is C20H17NO4S. The first-order chi connectivity index (χ1) is 12.6. The predicted octanol–water partition coefficient (Wildman–Crippen LogP) is 4.26. The molecule has 1 aromatic carbocycles. The van der Waals surface area contributed by atoms with Crippen LogP contribution in [0.3, 0.4) is 0 Å². The van der Waals surface area contributed by atoms with E-state index < -0.39 is 11.9 Å². The summed E-state index contributed by atoms with van der Waals surface area (Å²) in [4.78, 5) is 30.0. The Labute approximate surface area is 155 Å². The second kappa shape index (κ2) is 7.93. The van der Waals surface area contributed by atoms with Crippen LogP contribution in [-0.2, 0) is 16.1 Å². The lowest BCUT2D eigenvalue weighted by molar-refractivity contribution is 0.0472. The summed E-state index contributed by atoms with van der Waals surface area (Å²) >= 11 is 1.41. The van der Waals surface area contributed by atoms with Gasteiger partial charge in [-0.2, -0.15) is 0 Å². The van der Waals surface area contributed by atoms with Gasteiger partial charge in [0.1, 0.15) is 6.61 Å². The van der Waals surface area contributed by atoms with Crippen LogP contribution in [0.25, 0.3) is 10.4 Å². The van der Waals surface area contributed by atoms with E-state index in [-0.39, 0.29) is 12.3 Å². The van der Waals surface area contributed by atoms with Gasteiger partial charge in [0.2, 0.25) is 0 Å². The second-order valence-corrected chi connectivity index (χ2v) is 6.79. The number of rotatable bonds is 5. The summed E-state index contributed by atoms with van der Waals surface area (Å²) in [6.45, 7) is 2.06. The number of hydrogen-bond acceptors (Lipinski definition) is 6. The molecule has 0 aliphatic heterocycles. The second-order valence-electron chi connectivity index (χ2n) is 5.53. The zero-order valence-corrected chi connectivity index (χ0v) is 15.2. The summed E-state index contributed by atoms with van der Waals surface area (Å²) in [5.74, 6) is -0.905. The topological polar surface area (TPSA) is 65.5 Å². The summed E-state index contributed by atoms with van der Waals surface area (Å²) in [7, 11) is 1.31. The van der Waals surface area contributed by atoms with Gasteiger partial charge in [-0.15, -0.1) is 11.3 Å². The van der Waals surface area contributed by atoms with Crippen LogP contribution in [0.2, 0.25) is 0 Å². The van der Waals surface area contributed by atoms with Crippen LogP contribution in [0.4, 0.5) is 0 Å². The Morgan fingerprint density at radius 1 is 1.08 bits per heavy atom. The average molecular weight is 367 g/mol. The molecule has 132 valence electrons. The summed E-state index contributed by atoms with van der Waals surface area (Å²) in [5, 5.41) is 0. The minimum Gasteiger partial charge on any atom is -0.464 e. The van der Waals surface area contributed by atoms with Crippen LogP contribution < -0.4 is 0 Å². The van der Waals surface area contributed by atoms with Crippen molar-refractivity contribution in [3.8, 4) is 10.4 Å². The molecule has 0 bridgehead atoms. The lowest BCUT2D eigenvalue weighted by atomic mass is 10.1. The molecule has 2 aromatic heterocycles. The number of benzene rings is 1. The van der Waals surface area contributed by atoms with Gasteiger partial charge in [-0.3, -0.25) is 0 Å². The Morgan fingerprint density at radius 3 is 2.58 bits per heavy atom. The molecule has 0 saturated heterocycles. The molecule has 0 aliphatic rings. The highest BCUT2D eigenvalue weighted by Crippen LogP contribution is 2.33. The number of pyridine rings is 1. The highest BCUT2D eigenvalue weighted by Gasteiger charge is 2.20. The SMILES string of the molecule is COC(=O)c1ncccc1-c1cc(C(=O)OCc2ccccc2)c(C)s1. The van der Waals surface area contributed by atoms with Crippen LogP contribution >= 0.6 is 11.3 Å². The third kappa shape index (κ3) is 3.81. The molecule has 2 heterocycles. The predicted molar refractivity (Wildman–Crippen MR) is 99.2 cm³/mol. The molecule has 3 aromatic rings. The smallest absolute Gasteiger partial charge is 0.357 e. The molecule has 26 heavy (non-hydrogen) atoms. The van der Waals surface area contributed by atoms with E-state index in [1.54, 1.807) is 18.2 Å². The first-order valence-electron chi connectivity index (χ1n) is 7.95. The number of methoxy groups -OCH3 is 1. The van der Waals surface area contributed by atoms with Crippen molar-refractivity contribution in [3.63, 3.8) is 0 Å². The number of ether oxygens (including phenoxy) is 2. The van der Waals surface area contributed by atoms with Crippen LogP contribution in [0.15, 0.2) is 54.7 Å². The lowest BCUT2D eigenvalue weighted by Crippen LogP contribution is -2.06. The monoisotopic (exact) mass is 367 g/mol. The van der Waals surface area contributed by atoms with Crippen molar-refractivity contribution in [2.75, 3.05) is 7.11 Å². The van der Waals surface area contributed by atoms with Crippen molar-refractivity contribution >= 4 is 23.3 Å². The summed E-state index contributed by atoms with van der Waals surface area (Å²) in [6, 6.07) is 14.8. The van der Waals surface area contributed by atoms with E-state index >= 15 is 0 Å². The molecule has 0 amide bonds. The van der Waals surface area contributed by atoms with E-state index in [2.05, 4.69) is 4.98 Å². The molecule has 3 rings (SSSR count). The molecule has 0 unspecified atom stereocenters. The van der Waals surface area contributed by atoms with E-state index in [1.165, 1.54) is 24.6 Å². The third-order valence-corrected chi connectivity index (χ3v) is 4.89. The Morgan fingerprint density at radius 2 is 1.85 bits per heavy atom. The summed E-state index contributed by atoms with van der Waals surface area (Å²) in [6.07, 6.45) is 1.53. The number of carbonyl (C=O) groups is 2. The van der Waals surface area contributed by atoms with Gasteiger partial charge in [-0.05, 0) is 30.7 Å². The molecular weight excluding hydrogens is 350 g/mol. The average Bonchev–Trinajstić information content (AvgIpc) is 3.08. The Kier molecular flexibility index (Phi) is 5.43. The first-order valence-corrected chi connectivity index (χ1v) is 8.77. The molecule has 0 fully saturated rings. The van der Waals surface area contributed by atoms with Crippen LogP contribution in [0, 0.1) is 6.92 Å². The van der Waals surface area contributed by atoms with Crippen molar-refractivity contribution in [1.29, 1.82) is 0 Å². The maximum atomic E-state index is 12.4. The molecule has 0 atom stereocenters. The van der Waals surface area contributed by atoms with Crippen LogP contribution in [0.1, 0.15) is 31.3 Å². The minimum atomic E-state index is -0.514. The Hall–Kier alpha value is -2.99. The number of aryl methyl sites for hydroxylation is 1. The Balaban J connectivity index is 1.83. The van der Waals surface area contributed by atoms with Crippen molar-refractivity contribution < 1.29 is 19.1 Å². The van der Waals surface area contributed by atoms with Crippen LogP contribution in [-0.4, -0.2) is 24.0 Å². The zero-order valence-electron chi connectivity index (χ0n) is 14.4. The fourth-order valence-corrected chi connectivity index (χ4v) is 3.52. The minimum absolute atomic E-state index is 0.213. The number of carbonyl (C=O) groups excluding carboxylic acids is 2. The van der Waals surface area contributed by atoms with Gasteiger partial charge in [0.15, 0.2) is 5.69 Å². The fourth-order valence-electron chi connectivity index (χ4n) is 2.48. The van der Waals surface area contributed by atoms with Gasteiger partial charge in [0, 0.05) is 21.5 Å². The standard InChI is InChI=1S/C20H17NO4S/c1-13-16(19(22)25-12-14-7-4-3-5-8-14)11-17(26-13)15-9-6-10-21-18(15)20(23)24-2/h3-11H,12H2,1-2H3. The molecule has 0 radical (unpaired) electrons. The number of aromatic nitrogens is 1. The van der Waals surface area contributed by atoms with E-state index in [0.717, 1.165) is 15.3 Å². The van der Waals surface area contributed by atoms with E-state index in [0.29, 0.717) is 11.1 Å². The Bertz CT molecular complexity index is 934. The van der Waals surface area contributed by atoms with Gasteiger partial charge in [-0.1, -0.05) is 30.3 Å². The van der Waals surface area contributed by atoms with Crippen molar-refractivity contribution in [2.45, 2.75) is 13.5 Å². The summed E-state index contributed by atoms with van der Waals surface area (Å²) in [5.41, 5.74) is 2.27. The van der Waals surface area contributed by atoms with Crippen molar-refractivity contribution in [2.24, 2.45) is 0 Å². The van der Waals surface area contributed by atoms with E-state index in [1.807, 2.05) is 37.3 Å². The third-order valence-electron chi connectivity index (χ3n) is 3.80. The molecule has 0 spiro atoms. The fraction of sp³-hybridized carbons (Fsp3) is 0.150. The van der Waals surface area contributed by atoms with E-state index in [9.17, 15) is 9.59 Å². The summed E-state index contributed by atoms with van der Waals surface area (Å²) < 4.78 is 10.2. The molecule has 0 aliphatic carbocycles. The van der Waals surface area contributed by atoms with Crippen molar-refractivity contribution in [1.82, 2.24) is 4.98 Å². The molecule has 0 N–H and O–H groups in total. The van der Waals surface area contributed by atoms with E-state index in [4.69, 9.17) is 9.47 Å². The highest BCUT2D eigenvalue weighted by atomic mass is 32.1.